The first-order valence-electron chi connectivity index (χ1n) is 7.51. The molecule has 2 heteroatoms. The number of benzene rings is 1. The smallest absolute Gasteiger partial charge is 0.0793 e. The second kappa shape index (κ2) is 6.19. The number of pyridine rings is 1. The molecule has 104 valence electrons. The molecule has 1 aliphatic carbocycles. The molecule has 0 saturated carbocycles. The van der Waals surface area contributed by atoms with Crippen LogP contribution in [-0.2, 0) is 19.3 Å². The van der Waals surface area contributed by atoms with Gasteiger partial charge in [-0.05, 0) is 66.8 Å². The van der Waals surface area contributed by atoms with Crippen LogP contribution in [0.15, 0.2) is 42.7 Å². The van der Waals surface area contributed by atoms with Gasteiger partial charge in [0.25, 0.3) is 0 Å². The Morgan fingerprint density at radius 3 is 2.75 bits per heavy atom. The second-order valence-electron chi connectivity index (χ2n) is 5.65. The quantitative estimate of drug-likeness (QED) is 0.917. The summed E-state index contributed by atoms with van der Waals surface area (Å²) in [7, 11) is 0. The number of aliphatic hydroxyl groups excluding tert-OH is 1. The lowest BCUT2D eigenvalue weighted by Crippen LogP contribution is -2.06. The number of rotatable bonds is 4. The van der Waals surface area contributed by atoms with E-state index < -0.39 is 0 Å². The molecule has 1 unspecified atom stereocenters. The van der Waals surface area contributed by atoms with Crippen LogP contribution < -0.4 is 0 Å². The van der Waals surface area contributed by atoms with Gasteiger partial charge in [-0.1, -0.05) is 24.3 Å². The van der Waals surface area contributed by atoms with Crippen LogP contribution >= 0.6 is 0 Å². The van der Waals surface area contributed by atoms with E-state index in [-0.39, 0.29) is 6.10 Å². The molecule has 0 bridgehead atoms. The first kappa shape index (κ1) is 13.3. The van der Waals surface area contributed by atoms with E-state index in [0.717, 1.165) is 18.4 Å². The summed E-state index contributed by atoms with van der Waals surface area (Å²) in [4.78, 5) is 4.11. The van der Waals surface area contributed by atoms with Crippen LogP contribution in [0.1, 0.15) is 47.6 Å². The van der Waals surface area contributed by atoms with E-state index in [2.05, 4.69) is 29.2 Å². The minimum atomic E-state index is -0.373. The maximum absolute atomic E-state index is 10.4. The van der Waals surface area contributed by atoms with Gasteiger partial charge in [-0.2, -0.15) is 0 Å². The van der Waals surface area contributed by atoms with Gasteiger partial charge in [0.2, 0.25) is 0 Å². The van der Waals surface area contributed by atoms with E-state index >= 15 is 0 Å². The minimum absolute atomic E-state index is 0.373. The molecule has 2 nitrogen and oxygen atoms in total. The fourth-order valence-electron chi connectivity index (χ4n) is 2.98. The van der Waals surface area contributed by atoms with Gasteiger partial charge in [0, 0.05) is 12.4 Å². The van der Waals surface area contributed by atoms with Crippen molar-refractivity contribution in [2.45, 2.75) is 44.6 Å². The monoisotopic (exact) mass is 267 g/mol. The number of fused-ring (bicyclic) bond motifs is 1. The highest BCUT2D eigenvalue weighted by molar-refractivity contribution is 5.34. The lowest BCUT2D eigenvalue weighted by molar-refractivity contribution is 0.167. The molecule has 0 fully saturated rings. The fraction of sp³-hybridized carbons (Fsp3) is 0.389. The molecule has 0 amide bonds. The minimum Gasteiger partial charge on any atom is -0.388 e. The summed E-state index contributed by atoms with van der Waals surface area (Å²) in [5.74, 6) is 0. The van der Waals surface area contributed by atoms with Gasteiger partial charge < -0.3 is 5.11 Å². The molecule has 2 aromatic rings. The number of nitrogens with zero attached hydrogens (tertiary/aromatic N) is 1. The topological polar surface area (TPSA) is 33.1 Å². The van der Waals surface area contributed by atoms with Gasteiger partial charge in [-0.3, -0.25) is 4.98 Å². The van der Waals surface area contributed by atoms with Crippen LogP contribution in [0.2, 0.25) is 0 Å². The average Bonchev–Trinajstić information content (AvgIpc) is 2.53. The Hall–Kier alpha value is -1.67. The van der Waals surface area contributed by atoms with Crippen LogP contribution in [0.3, 0.4) is 0 Å². The summed E-state index contributed by atoms with van der Waals surface area (Å²) in [5.41, 5.74) is 5.16. The van der Waals surface area contributed by atoms with Crippen LogP contribution in [-0.4, -0.2) is 10.1 Å². The third kappa shape index (κ3) is 3.07. The molecule has 1 aromatic heterocycles. The van der Waals surface area contributed by atoms with Gasteiger partial charge >= 0.3 is 0 Å². The van der Waals surface area contributed by atoms with E-state index in [1.54, 1.807) is 6.20 Å². The van der Waals surface area contributed by atoms with Gasteiger partial charge in [0.15, 0.2) is 0 Å². The van der Waals surface area contributed by atoms with Gasteiger partial charge in [0.1, 0.15) is 0 Å². The Labute approximate surface area is 120 Å². The lowest BCUT2D eigenvalue weighted by Gasteiger charge is -2.18. The maximum atomic E-state index is 10.4. The molecule has 1 heterocycles. The van der Waals surface area contributed by atoms with Gasteiger partial charge in [-0.25, -0.2) is 0 Å². The zero-order valence-corrected chi connectivity index (χ0v) is 11.8. The molecular formula is C18H21NO. The van der Waals surface area contributed by atoms with Crippen molar-refractivity contribution >= 4 is 0 Å². The Morgan fingerprint density at radius 2 is 1.95 bits per heavy atom. The number of aryl methyl sites for hydroxylation is 3. The Morgan fingerprint density at radius 1 is 1.10 bits per heavy atom. The fourth-order valence-corrected chi connectivity index (χ4v) is 2.98. The summed E-state index contributed by atoms with van der Waals surface area (Å²) < 4.78 is 0. The largest absolute Gasteiger partial charge is 0.388 e. The summed E-state index contributed by atoms with van der Waals surface area (Å²) >= 11 is 0. The maximum Gasteiger partial charge on any atom is 0.0793 e. The van der Waals surface area contributed by atoms with Crippen molar-refractivity contribution in [1.82, 2.24) is 4.98 Å². The van der Waals surface area contributed by atoms with E-state index in [1.165, 1.54) is 42.4 Å². The van der Waals surface area contributed by atoms with Crippen molar-refractivity contribution in [2.75, 3.05) is 0 Å². The van der Waals surface area contributed by atoms with Gasteiger partial charge in [-0.15, -0.1) is 0 Å². The first-order valence-corrected chi connectivity index (χ1v) is 7.51. The third-order valence-corrected chi connectivity index (χ3v) is 4.19. The van der Waals surface area contributed by atoms with Crippen LogP contribution in [0.5, 0.6) is 0 Å². The SMILES string of the molecule is OC(CCc1cccnc1)c1ccc2c(c1)CCCC2. The Bertz CT molecular complexity index is 565. The van der Waals surface area contributed by atoms with E-state index in [4.69, 9.17) is 0 Å². The van der Waals surface area contributed by atoms with E-state index in [0.29, 0.717) is 0 Å². The predicted octanol–water partition coefficient (Wildman–Crippen LogP) is 3.63. The zero-order valence-electron chi connectivity index (χ0n) is 11.8. The molecule has 1 N–H and O–H groups in total. The summed E-state index contributed by atoms with van der Waals surface area (Å²) in [6.07, 6.45) is 9.85. The van der Waals surface area contributed by atoms with Crippen LogP contribution in [0.25, 0.3) is 0 Å². The molecule has 1 aliphatic rings. The zero-order chi connectivity index (χ0) is 13.8. The number of hydrogen-bond acceptors (Lipinski definition) is 2. The highest BCUT2D eigenvalue weighted by Crippen LogP contribution is 2.26. The van der Waals surface area contributed by atoms with Crippen molar-refractivity contribution < 1.29 is 5.11 Å². The Kier molecular flexibility index (Phi) is 4.12. The Balaban J connectivity index is 1.66. The van der Waals surface area contributed by atoms with E-state index in [9.17, 15) is 5.11 Å². The molecule has 0 spiro atoms. The van der Waals surface area contributed by atoms with Crippen LogP contribution in [0.4, 0.5) is 0 Å². The lowest BCUT2D eigenvalue weighted by atomic mass is 9.89. The van der Waals surface area contributed by atoms with E-state index in [1.807, 2.05) is 12.3 Å². The number of aromatic nitrogens is 1. The van der Waals surface area contributed by atoms with Crippen molar-refractivity contribution in [2.24, 2.45) is 0 Å². The molecule has 0 saturated heterocycles. The highest BCUT2D eigenvalue weighted by atomic mass is 16.3. The standard InChI is InChI=1S/C18H21NO/c20-18(10-7-14-4-3-11-19-13-14)17-9-8-15-5-1-2-6-16(15)12-17/h3-4,8-9,11-13,18,20H,1-2,5-7,10H2. The molecule has 3 rings (SSSR count). The average molecular weight is 267 g/mol. The molecule has 0 aliphatic heterocycles. The highest BCUT2D eigenvalue weighted by Gasteiger charge is 2.13. The normalized spacial score (nSPS) is 15.7. The molecular weight excluding hydrogens is 246 g/mol. The van der Waals surface area contributed by atoms with Crippen molar-refractivity contribution in [1.29, 1.82) is 0 Å². The van der Waals surface area contributed by atoms with Crippen molar-refractivity contribution in [3.8, 4) is 0 Å². The number of hydrogen-bond donors (Lipinski definition) is 1. The molecule has 20 heavy (non-hydrogen) atoms. The molecule has 1 aromatic carbocycles. The van der Waals surface area contributed by atoms with Crippen LogP contribution in [0, 0.1) is 0 Å². The summed E-state index contributed by atoms with van der Waals surface area (Å²) in [6, 6.07) is 10.5. The summed E-state index contributed by atoms with van der Waals surface area (Å²) in [6.45, 7) is 0. The van der Waals surface area contributed by atoms with Gasteiger partial charge in [0.05, 0.1) is 6.10 Å². The molecule has 1 atom stereocenters. The number of aliphatic hydroxyl groups is 1. The van der Waals surface area contributed by atoms with Crippen molar-refractivity contribution in [3.63, 3.8) is 0 Å². The third-order valence-electron chi connectivity index (χ3n) is 4.19. The molecule has 0 radical (unpaired) electrons. The summed E-state index contributed by atoms with van der Waals surface area (Å²) in [5, 5.41) is 10.4. The second-order valence-corrected chi connectivity index (χ2v) is 5.65. The predicted molar refractivity (Wildman–Crippen MR) is 80.6 cm³/mol. The first-order chi connectivity index (χ1) is 9.83. The van der Waals surface area contributed by atoms with Crippen molar-refractivity contribution in [3.05, 3.63) is 65.0 Å².